The van der Waals surface area contributed by atoms with E-state index in [1.165, 1.54) is 5.69 Å². The number of hydrogen-bond donors (Lipinski definition) is 1. The average Bonchev–Trinajstić information content (AvgIpc) is 3.11. The van der Waals surface area contributed by atoms with Crippen LogP contribution in [0.25, 0.3) is 0 Å². The number of carbonyl (C=O) groups is 3. The molecule has 5 rings (SSSR count). The van der Waals surface area contributed by atoms with Crippen LogP contribution in [0.15, 0.2) is 85.2 Å². The van der Waals surface area contributed by atoms with Crippen LogP contribution < -0.4 is 10.2 Å². The van der Waals surface area contributed by atoms with Gasteiger partial charge in [0.05, 0.1) is 13.2 Å². The number of carbonyl (C=O) groups excluding carboxylic acids is 3. The molecule has 278 valence electrons. The number of aromatic nitrogens is 1. The molecule has 2 aromatic carbocycles. The lowest BCUT2D eigenvalue weighted by Crippen LogP contribution is -2.51. The number of ether oxygens (including phenoxy) is 1. The Morgan fingerprint density at radius 1 is 0.706 bits per heavy atom. The van der Waals surface area contributed by atoms with Gasteiger partial charge in [0.1, 0.15) is 6.10 Å². The van der Waals surface area contributed by atoms with Gasteiger partial charge >= 0.3 is 0 Å². The summed E-state index contributed by atoms with van der Waals surface area (Å²) >= 11 is 0. The molecule has 0 saturated carbocycles. The molecule has 3 aromatic rings. The van der Waals surface area contributed by atoms with Crippen molar-refractivity contribution in [3.05, 3.63) is 96.3 Å². The van der Waals surface area contributed by atoms with E-state index in [0.29, 0.717) is 26.2 Å². The predicted molar refractivity (Wildman–Crippen MR) is 206 cm³/mol. The average molecular weight is 700 g/mol. The van der Waals surface area contributed by atoms with Gasteiger partial charge in [-0.15, -0.1) is 0 Å². The summed E-state index contributed by atoms with van der Waals surface area (Å²) in [6.07, 6.45) is 4.40. The smallest absolute Gasteiger partial charge is 0.228 e. The largest absolute Gasteiger partial charge is 0.370 e. The zero-order valence-electron chi connectivity index (χ0n) is 32.4. The van der Waals surface area contributed by atoms with Crippen molar-refractivity contribution < 1.29 is 19.1 Å². The molecule has 0 aliphatic carbocycles. The van der Waals surface area contributed by atoms with Crippen LogP contribution in [0.2, 0.25) is 0 Å². The Kier molecular flexibility index (Phi) is 15.2. The lowest BCUT2D eigenvalue weighted by Gasteiger charge is -2.38. The quantitative estimate of drug-likeness (QED) is 0.315. The zero-order chi connectivity index (χ0) is 37.7. The monoisotopic (exact) mass is 699 g/mol. The molecule has 3 amide bonds. The molecular weight excluding hydrogens is 638 g/mol. The Morgan fingerprint density at radius 3 is 1.80 bits per heavy atom. The molecule has 2 aliphatic heterocycles. The van der Waals surface area contributed by atoms with Crippen LogP contribution in [0.5, 0.6) is 0 Å². The van der Waals surface area contributed by atoms with E-state index in [2.05, 4.69) is 51.6 Å². The standard InChI is InChI=1S/C15H22N2O.C15H21NO2.C12H18N2O/c1-15(2,3)14(18)17-11-9-16(10-12-17)13-7-5-4-6-8-13;1-15(2,3)14(17)16-9-10-18-13(11-16)12-7-5-4-6-8-12;1-12(2,3)11(15)14-8-6-10-5-4-7-13-9-10/h4-8H,9-12H2,1-3H3;4-8,13H,9-11H2,1-3H3;4-5,7,9H,6,8H2,1-3H3,(H,14,15). The minimum atomic E-state index is -0.321. The molecular formula is C42H61N5O4. The van der Waals surface area contributed by atoms with Gasteiger partial charge in [0.15, 0.2) is 0 Å². The van der Waals surface area contributed by atoms with E-state index in [4.69, 9.17) is 4.74 Å². The second-order valence-electron chi connectivity index (χ2n) is 16.3. The molecule has 51 heavy (non-hydrogen) atoms. The van der Waals surface area contributed by atoms with Crippen molar-refractivity contribution in [2.45, 2.75) is 74.8 Å². The van der Waals surface area contributed by atoms with Crippen molar-refractivity contribution in [2.24, 2.45) is 16.2 Å². The van der Waals surface area contributed by atoms with Crippen LogP contribution >= 0.6 is 0 Å². The van der Waals surface area contributed by atoms with Crippen LogP contribution in [-0.4, -0.2) is 84.9 Å². The maximum absolute atomic E-state index is 12.3. The molecule has 9 nitrogen and oxygen atoms in total. The molecule has 9 heteroatoms. The van der Waals surface area contributed by atoms with Crippen molar-refractivity contribution in [2.75, 3.05) is 57.3 Å². The minimum absolute atomic E-state index is 0.00579. The zero-order valence-corrected chi connectivity index (χ0v) is 32.4. The van der Waals surface area contributed by atoms with Gasteiger partial charge in [-0.3, -0.25) is 19.4 Å². The Balaban J connectivity index is 0.000000208. The second kappa shape index (κ2) is 18.8. The first-order chi connectivity index (χ1) is 24.0. The molecule has 2 aliphatic rings. The third-order valence-corrected chi connectivity index (χ3v) is 8.60. The maximum atomic E-state index is 12.3. The number of anilines is 1. The number of para-hydroxylation sites is 1. The van der Waals surface area contributed by atoms with E-state index in [-0.39, 0.29) is 40.1 Å². The normalized spacial score (nSPS) is 16.6. The molecule has 0 bridgehead atoms. The summed E-state index contributed by atoms with van der Waals surface area (Å²) < 4.78 is 5.76. The summed E-state index contributed by atoms with van der Waals surface area (Å²) in [6, 6.07) is 24.4. The highest BCUT2D eigenvalue weighted by Crippen LogP contribution is 2.26. The lowest BCUT2D eigenvalue weighted by molar-refractivity contribution is -0.147. The Bertz CT molecular complexity index is 1490. The van der Waals surface area contributed by atoms with E-state index in [1.807, 2.05) is 115 Å². The van der Waals surface area contributed by atoms with Crippen molar-refractivity contribution in [3.63, 3.8) is 0 Å². The van der Waals surface area contributed by atoms with E-state index in [9.17, 15) is 14.4 Å². The van der Waals surface area contributed by atoms with E-state index < -0.39 is 0 Å². The molecule has 1 aromatic heterocycles. The Labute approximate surface area is 306 Å². The van der Waals surface area contributed by atoms with Crippen LogP contribution in [0.1, 0.15) is 79.5 Å². The molecule has 2 fully saturated rings. The number of hydrogen-bond acceptors (Lipinski definition) is 6. The Hall–Kier alpha value is -4.24. The maximum Gasteiger partial charge on any atom is 0.228 e. The van der Waals surface area contributed by atoms with E-state index in [0.717, 1.165) is 43.7 Å². The van der Waals surface area contributed by atoms with Gasteiger partial charge in [-0.25, -0.2) is 0 Å². The van der Waals surface area contributed by atoms with Crippen LogP contribution in [0, 0.1) is 16.2 Å². The number of rotatable bonds is 5. The lowest BCUT2D eigenvalue weighted by atomic mass is 9.94. The molecule has 2 saturated heterocycles. The number of nitrogens with one attached hydrogen (secondary N) is 1. The molecule has 1 N–H and O–H groups in total. The summed E-state index contributed by atoms with van der Waals surface area (Å²) in [5.41, 5.74) is 2.64. The highest BCUT2D eigenvalue weighted by Gasteiger charge is 2.32. The topological polar surface area (TPSA) is 95.1 Å². The first-order valence-corrected chi connectivity index (χ1v) is 18.2. The second-order valence-corrected chi connectivity index (χ2v) is 16.3. The molecule has 0 spiro atoms. The summed E-state index contributed by atoms with van der Waals surface area (Å²) in [6.45, 7) is 23.7. The summed E-state index contributed by atoms with van der Waals surface area (Å²) in [5.74, 6) is 0.549. The minimum Gasteiger partial charge on any atom is -0.370 e. The highest BCUT2D eigenvalue weighted by molar-refractivity contribution is 5.82. The third-order valence-electron chi connectivity index (χ3n) is 8.60. The summed E-state index contributed by atoms with van der Waals surface area (Å²) in [5, 5.41) is 2.90. The van der Waals surface area contributed by atoms with Gasteiger partial charge in [0.25, 0.3) is 0 Å². The van der Waals surface area contributed by atoms with Gasteiger partial charge < -0.3 is 24.8 Å². The number of piperazine rings is 1. The van der Waals surface area contributed by atoms with Gasteiger partial charge in [0.2, 0.25) is 17.7 Å². The summed E-state index contributed by atoms with van der Waals surface area (Å²) in [7, 11) is 0. The van der Waals surface area contributed by atoms with Crippen LogP contribution in [0.4, 0.5) is 5.69 Å². The first-order valence-electron chi connectivity index (χ1n) is 18.2. The highest BCUT2D eigenvalue weighted by atomic mass is 16.5. The van der Waals surface area contributed by atoms with Gasteiger partial charge in [-0.2, -0.15) is 0 Å². The fourth-order valence-electron chi connectivity index (χ4n) is 5.59. The molecule has 3 heterocycles. The molecule has 1 atom stereocenters. The van der Waals surface area contributed by atoms with Crippen molar-refractivity contribution in [3.8, 4) is 0 Å². The molecule has 1 unspecified atom stereocenters. The van der Waals surface area contributed by atoms with Crippen molar-refractivity contribution >= 4 is 23.4 Å². The van der Waals surface area contributed by atoms with E-state index in [1.54, 1.807) is 6.20 Å². The summed E-state index contributed by atoms with van der Waals surface area (Å²) in [4.78, 5) is 46.2. The van der Waals surface area contributed by atoms with Crippen LogP contribution in [0.3, 0.4) is 0 Å². The first kappa shape index (κ1) is 41.2. The SMILES string of the molecule is CC(C)(C)C(=O)N1CCN(c2ccccc2)CC1.CC(C)(C)C(=O)N1CCOC(c2ccccc2)C1.CC(C)(C)C(=O)NCCc1cccnc1. The molecule has 0 radical (unpaired) electrons. The van der Waals surface area contributed by atoms with Gasteiger partial charge in [0, 0.05) is 73.6 Å². The van der Waals surface area contributed by atoms with Crippen molar-refractivity contribution in [1.82, 2.24) is 20.1 Å². The number of pyridine rings is 1. The van der Waals surface area contributed by atoms with E-state index >= 15 is 0 Å². The fraction of sp³-hybridized carbons (Fsp3) is 0.524. The Morgan fingerprint density at radius 2 is 1.27 bits per heavy atom. The number of benzene rings is 2. The number of nitrogens with zero attached hydrogens (tertiary/aromatic N) is 4. The van der Waals surface area contributed by atoms with Gasteiger partial charge in [-0.05, 0) is 35.7 Å². The van der Waals surface area contributed by atoms with Gasteiger partial charge in [-0.1, -0.05) is 117 Å². The number of morpholine rings is 1. The third kappa shape index (κ3) is 13.8. The fourth-order valence-corrected chi connectivity index (χ4v) is 5.59. The van der Waals surface area contributed by atoms with Crippen LogP contribution in [-0.2, 0) is 25.5 Å². The number of amides is 3. The van der Waals surface area contributed by atoms with Crippen molar-refractivity contribution in [1.29, 1.82) is 0 Å². The predicted octanol–water partition coefficient (Wildman–Crippen LogP) is 6.80.